The molecule has 27 heavy (non-hydrogen) atoms. The Morgan fingerprint density at radius 3 is 0.630 bits per heavy atom. The molecule has 4 atom stereocenters. The predicted octanol–water partition coefficient (Wildman–Crippen LogP) is -16.1. The van der Waals surface area contributed by atoms with E-state index in [4.69, 9.17) is 40.9 Å². The van der Waals surface area contributed by atoms with E-state index in [2.05, 4.69) is 0 Å². The van der Waals surface area contributed by atoms with E-state index < -0.39 is 48.3 Å². The fourth-order valence-corrected chi connectivity index (χ4v) is 0.540. The number of carbonyl (C=O) groups is 4. The van der Waals surface area contributed by atoms with Crippen LogP contribution in [0.15, 0.2) is 0 Å². The van der Waals surface area contributed by atoms with Crippen molar-refractivity contribution >= 4 is 23.9 Å². The third-order valence-corrected chi connectivity index (χ3v) is 1.61. The molecular weight excluding hydrogens is 453 g/mol. The average Bonchev–Trinajstić information content (AvgIpc) is 2.35. The predicted molar refractivity (Wildman–Crippen MR) is 73.5 cm³/mol. The standard InChI is InChI=1S/2C4H6O6.2K.Na.4H2O.3H/c2*5-1(3(7)8)2(6)4(9)10;;;;;;;;;;/h2*1-2,5-6H,(H,7,8)(H,9,10);;;;4*1H2;;;/q;;3*+1;;;;;3*-1/p+1. The first kappa shape index (κ1) is 56.8. The number of aliphatic hydroxyl groups excluding tert-OH is 4. The van der Waals surface area contributed by atoms with Crippen LogP contribution in [0.1, 0.15) is 5.71 Å². The van der Waals surface area contributed by atoms with Crippen molar-refractivity contribution in [3.63, 3.8) is 0 Å². The summed E-state index contributed by atoms with van der Waals surface area (Å²) in [5.41, 5.74) is 0. The summed E-state index contributed by atoms with van der Waals surface area (Å²) in [6.45, 7) is 0. The molecule has 154 valence electrons. The van der Waals surface area contributed by atoms with Gasteiger partial charge in [-0.1, -0.05) is 0 Å². The van der Waals surface area contributed by atoms with Crippen LogP contribution in [0.2, 0.25) is 0 Å². The summed E-state index contributed by atoms with van der Waals surface area (Å²) in [4.78, 5) is 39.1. The van der Waals surface area contributed by atoms with E-state index >= 15 is 0 Å². The van der Waals surface area contributed by atoms with Crippen molar-refractivity contribution in [2.24, 2.45) is 0 Å². The number of hydrogen-bond acceptors (Lipinski definition) is 8. The van der Waals surface area contributed by atoms with Gasteiger partial charge in [-0.2, -0.15) is 0 Å². The summed E-state index contributed by atoms with van der Waals surface area (Å²) in [6, 6.07) is 0. The molecule has 0 amide bonds. The fraction of sp³-hybridized carbons (Fsp3) is 0.500. The maximum absolute atomic E-state index is 9.77. The normalized spacial score (nSPS) is 11.7. The van der Waals surface area contributed by atoms with Crippen LogP contribution in [0.5, 0.6) is 0 Å². The Balaban J connectivity index is -0.0000000140. The molecule has 0 saturated heterocycles. The molecule has 0 saturated carbocycles. The van der Waals surface area contributed by atoms with Gasteiger partial charge in [0.15, 0.2) is 24.4 Å². The zero-order chi connectivity index (χ0) is 16.6. The second-order valence-corrected chi connectivity index (χ2v) is 3.13. The average molecular weight is 477 g/mol. The van der Waals surface area contributed by atoms with Crippen LogP contribution in [0.25, 0.3) is 0 Å². The zero-order valence-corrected chi connectivity index (χ0v) is 22.8. The van der Waals surface area contributed by atoms with Gasteiger partial charge >= 0.3 is 158 Å². The Bertz CT molecular complexity index is 340. The molecule has 0 heterocycles. The maximum Gasteiger partial charge on any atom is 1.00 e. The topological polar surface area (TPSA) is 356 Å². The zero-order valence-electron chi connectivity index (χ0n) is 18.5. The first-order valence-electron chi connectivity index (χ1n) is 4.57. The molecule has 0 aliphatic rings. The number of hydrogen-bond donors (Lipinski definition) is 8. The Hall–Kier alpha value is 1.83. The molecule has 0 aliphatic carbocycles. The van der Waals surface area contributed by atoms with E-state index in [0.29, 0.717) is 0 Å². The smallest absolute Gasteiger partial charge is 1.00 e. The van der Waals surface area contributed by atoms with Crippen LogP contribution < -0.4 is 132 Å². The van der Waals surface area contributed by atoms with Crippen molar-refractivity contribution in [1.82, 2.24) is 0 Å². The van der Waals surface area contributed by atoms with Gasteiger partial charge in [0.05, 0.1) is 0 Å². The van der Waals surface area contributed by atoms with E-state index in [9.17, 15) is 19.2 Å². The Morgan fingerprint density at radius 1 is 0.519 bits per heavy atom. The molecule has 19 heteroatoms. The number of carboxylic acids is 4. The van der Waals surface area contributed by atoms with Crippen LogP contribution in [0, 0.1) is 0 Å². The van der Waals surface area contributed by atoms with E-state index in [1.165, 1.54) is 0 Å². The van der Waals surface area contributed by atoms with Crippen LogP contribution in [-0.4, -0.2) is 111 Å². The van der Waals surface area contributed by atoms with Gasteiger partial charge < -0.3 is 67.0 Å². The first-order valence-corrected chi connectivity index (χ1v) is 4.57. The molecular formula is C8H24K2NaO16+. The quantitative estimate of drug-likeness (QED) is 0.165. The molecule has 0 aromatic rings. The van der Waals surface area contributed by atoms with Crippen LogP contribution in [0.3, 0.4) is 0 Å². The molecule has 0 aliphatic heterocycles. The molecule has 0 spiro atoms. The molecule has 4 unspecified atom stereocenters. The van der Waals surface area contributed by atoms with Gasteiger partial charge in [0.2, 0.25) is 0 Å². The Kier molecular flexibility index (Phi) is 63.2. The summed E-state index contributed by atoms with van der Waals surface area (Å²) < 4.78 is 0. The van der Waals surface area contributed by atoms with Gasteiger partial charge in [0, 0.05) is 0 Å². The molecule has 16 N–H and O–H groups in total. The Morgan fingerprint density at radius 2 is 0.593 bits per heavy atom. The molecule has 16 nitrogen and oxygen atoms in total. The number of rotatable bonds is 6. The molecule has 0 fully saturated rings. The number of aliphatic hydroxyl groups is 4. The SMILES string of the molecule is O.O.O.O.O=C(O)C(O)C(O)C(=O)O.O=C(O)C(O)C(O)C(=O)O.[H+].[H-].[H-].[H-].[K+].[K+].[Na+]. The second kappa shape index (κ2) is 30.0. The van der Waals surface area contributed by atoms with Crippen LogP contribution in [-0.2, 0) is 19.2 Å². The van der Waals surface area contributed by atoms with E-state index in [0.717, 1.165) is 0 Å². The van der Waals surface area contributed by atoms with E-state index in [1.807, 2.05) is 0 Å². The molecule has 0 aromatic heterocycles. The summed E-state index contributed by atoms with van der Waals surface area (Å²) in [6.07, 6.45) is -9.06. The van der Waals surface area contributed by atoms with E-state index in [1.54, 1.807) is 0 Å². The first-order chi connectivity index (χ1) is 8.93. The molecule has 0 rings (SSSR count). The van der Waals surface area contributed by atoms with Crippen molar-refractivity contribution < 1.29 is 220 Å². The maximum atomic E-state index is 9.77. The summed E-state index contributed by atoms with van der Waals surface area (Å²) in [7, 11) is 0. The van der Waals surface area contributed by atoms with Crippen molar-refractivity contribution in [1.29, 1.82) is 0 Å². The monoisotopic (exact) mass is 477 g/mol. The summed E-state index contributed by atoms with van der Waals surface area (Å²) in [5, 5.41) is 65.1. The van der Waals surface area contributed by atoms with Gasteiger partial charge in [-0.25, -0.2) is 19.2 Å². The van der Waals surface area contributed by atoms with Crippen molar-refractivity contribution in [3.05, 3.63) is 0 Å². The second-order valence-electron chi connectivity index (χ2n) is 3.13. The largest absolute Gasteiger partial charge is 1.00 e. The molecule has 0 bridgehead atoms. The minimum atomic E-state index is -2.27. The minimum Gasteiger partial charge on any atom is -1.00 e. The minimum absolute atomic E-state index is 0. The van der Waals surface area contributed by atoms with Gasteiger partial charge in [-0.3, -0.25) is 0 Å². The van der Waals surface area contributed by atoms with E-state index in [-0.39, 0.29) is 160 Å². The summed E-state index contributed by atoms with van der Waals surface area (Å²) in [5.74, 6) is -7.07. The van der Waals surface area contributed by atoms with Gasteiger partial charge in [0.1, 0.15) is 0 Å². The number of carboxylic acid groups (broad SMARTS) is 4. The third-order valence-electron chi connectivity index (χ3n) is 1.61. The molecule has 0 radical (unpaired) electrons. The van der Waals surface area contributed by atoms with Crippen molar-refractivity contribution in [3.8, 4) is 0 Å². The fourth-order valence-electron chi connectivity index (χ4n) is 0.540. The van der Waals surface area contributed by atoms with Crippen molar-refractivity contribution in [2.45, 2.75) is 24.4 Å². The molecule has 0 aromatic carbocycles. The Labute approximate surface area is 263 Å². The van der Waals surface area contributed by atoms with Gasteiger partial charge in [-0.15, -0.1) is 0 Å². The third kappa shape index (κ3) is 27.8. The number of aliphatic carboxylic acids is 4. The van der Waals surface area contributed by atoms with Gasteiger partial charge in [-0.05, 0) is 0 Å². The summed E-state index contributed by atoms with van der Waals surface area (Å²) >= 11 is 0. The van der Waals surface area contributed by atoms with Gasteiger partial charge in [0.25, 0.3) is 0 Å². The van der Waals surface area contributed by atoms with Crippen LogP contribution in [0.4, 0.5) is 0 Å². The van der Waals surface area contributed by atoms with Crippen LogP contribution >= 0.6 is 0 Å². The van der Waals surface area contributed by atoms with Crippen molar-refractivity contribution in [2.75, 3.05) is 0 Å².